The van der Waals surface area contributed by atoms with Gasteiger partial charge < -0.3 is 4.90 Å². The van der Waals surface area contributed by atoms with E-state index in [9.17, 15) is 4.79 Å². The highest BCUT2D eigenvalue weighted by Gasteiger charge is 2.33. The van der Waals surface area contributed by atoms with Crippen LogP contribution in [0.1, 0.15) is 29.5 Å². The number of rotatable bonds is 5. The van der Waals surface area contributed by atoms with E-state index in [1.165, 1.54) is 5.56 Å². The van der Waals surface area contributed by atoms with Crippen LogP contribution < -0.4 is 0 Å². The van der Waals surface area contributed by atoms with Crippen LogP contribution in [0, 0.1) is 12.8 Å². The van der Waals surface area contributed by atoms with Gasteiger partial charge in [-0.25, -0.2) is 0 Å². The minimum absolute atomic E-state index is 0.145. The number of pyridine rings is 2. The minimum atomic E-state index is 0.145. The van der Waals surface area contributed by atoms with Crippen molar-refractivity contribution in [1.82, 2.24) is 29.9 Å². The Bertz CT molecular complexity index is 1170. The highest BCUT2D eigenvalue weighted by molar-refractivity contribution is 5.84. The average molecular weight is 372 g/mol. The Labute approximate surface area is 162 Å². The zero-order valence-corrected chi connectivity index (χ0v) is 15.6. The van der Waals surface area contributed by atoms with E-state index in [-0.39, 0.29) is 11.8 Å². The number of amides is 1. The molecule has 3 heterocycles. The van der Waals surface area contributed by atoms with Crippen molar-refractivity contribution in [2.45, 2.75) is 32.9 Å². The molecule has 7 nitrogen and oxygen atoms in total. The summed E-state index contributed by atoms with van der Waals surface area (Å²) in [6.45, 7) is 3.06. The third-order valence-corrected chi connectivity index (χ3v) is 5.19. The number of nitrogens with zero attached hydrogens (tertiary/aromatic N) is 6. The van der Waals surface area contributed by atoms with Crippen molar-refractivity contribution in [3.8, 4) is 0 Å². The summed E-state index contributed by atoms with van der Waals surface area (Å²) in [6, 6.07) is 12.2. The summed E-state index contributed by atoms with van der Waals surface area (Å²) in [5.41, 5.74) is 4.79. The molecule has 0 unspecified atom stereocenters. The van der Waals surface area contributed by atoms with E-state index in [1.54, 1.807) is 10.7 Å². The molecular weight excluding hydrogens is 352 g/mol. The van der Waals surface area contributed by atoms with Gasteiger partial charge in [0.15, 0.2) is 5.65 Å². The summed E-state index contributed by atoms with van der Waals surface area (Å²) in [6.07, 6.45) is 5.50. The Morgan fingerprint density at radius 2 is 2.11 bits per heavy atom. The molecule has 0 bridgehead atoms. The fourth-order valence-electron chi connectivity index (χ4n) is 3.62. The lowest BCUT2D eigenvalue weighted by Crippen LogP contribution is -2.31. The fourth-order valence-corrected chi connectivity index (χ4v) is 3.62. The lowest BCUT2D eigenvalue weighted by molar-refractivity contribution is -0.133. The highest BCUT2D eigenvalue weighted by atomic mass is 16.2. The maximum atomic E-state index is 13.0. The van der Waals surface area contributed by atoms with Crippen LogP contribution in [0.5, 0.6) is 0 Å². The van der Waals surface area contributed by atoms with Crippen molar-refractivity contribution < 1.29 is 4.79 Å². The Balaban J connectivity index is 1.56. The first-order valence-electron chi connectivity index (χ1n) is 9.47. The van der Waals surface area contributed by atoms with Gasteiger partial charge in [-0.05, 0) is 60.0 Å². The van der Waals surface area contributed by atoms with Gasteiger partial charge in [-0.1, -0.05) is 17.7 Å². The van der Waals surface area contributed by atoms with E-state index in [2.05, 4.69) is 45.6 Å². The second kappa shape index (κ2) is 6.67. The summed E-state index contributed by atoms with van der Waals surface area (Å²) < 4.78 is 1.76. The maximum Gasteiger partial charge on any atom is 0.226 e. The van der Waals surface area contributed by atoms with Gasteiger partial charge in [0.2, 0.25) is 5.91 Å². The Kier molecular flexibility index (Phi) is 4.00. The Hall–Kier alpha value is -3.35. The number of benzene rings is 1. The van der Waals surface area contributed by atoms with Crippen LogP contribution >= 0.6 is 0 Å². The van der Waals surface area contributed by atoms with Gasteiger partial charge >= 0.3 is 0 Å². The van der Waals surface area contributed by atoms with Crippen LogP contribution in [0.4, 0.5) is 0 Å². The van der Waals surface area contributed by atoms with Crippen LogP contribution in [0.2, 0.25) is 0 Å². The molecule has 1 fully saturated rings. The number of hydrogen-bond acceptors (Lipinski definition) is 5. The number of tetrazole rings is 1. The first-order chi connectivity index (χ1) is 13.7. The topological polar surface area (TPSA) is 76.3 Å². The maximum absolute atomic E-state index is 13.0. The number of hydrogen-bond donors (Lipinski definition) is 0. The van der Waals surface area contributed by atoms with E-state index in [0.29, 0.717) is 18.7 Å². The number of aryl methyl sites for hydroxylation is 1. The second-order valence-corrected chi connectivity index (χ2v) is 7.48. The quantitative estimate of drug-likeness (QED) is 0.538. The lowest BCUT2D eigenvalue weighted by atomic mass is 10.1. The largest absolute Gasteiger partial charge is 0.334 e. The van der Waals surface area contributed by atoms with E-state index >= 15 is 0 Å². The van der Waals surface area contributed by atoms with Gasteiger partial charge in [-0.3, -0.25) is 9.78 Å². The molecule has 0 spiro atoms. The van der Waals surface area contributed by atoms with E-state index in [4.69, 9.17) is 0 Å². The first-order valence-corrected chi connectivity index (χ1v) is 9.47. The monoisotopic (exact) mass is 372 g/mol. The predicted octanol–water partition coefficient (Wildman–Crippen LogP) is 2.92. The van der Waals surface area contributed by atoms with Crippen molar-refractivity contribution in [2.24, 2.45) is 5.92 Å². The SMILES string of the molecule is Cc1ccc2c(c1)cc(CN(Cc1cccnc1)C(=O)C1CC1)c1nnnn12. The van der Waals surface area contributed by atoms with Crippen molar-refractivity contribution in [3.63, 3.8) is 0 Å². The third kappa shape index (κ3) is 3.09. The predicted molar refractivity (Wildman–Crippen MR) is 104 cm³/mol. The Morgan fingerprint density at radius 1 is 1.21 bits per heavy atom. The molecule has 0 saturated heterocycles. The molecule has 4 aromatic rings. The summed E-state index contributed by atoms with van der Waals surface area (Å²) in [7, 11) is 0. The molecule has 0 aliphatic heterocycles. The molecular formula is C21H20N6O. The molecule has 1 saturated carbocycles. The zero-order valence-electron chi connectivity index (χ0n) is 15.6. The second-order valence-electron chi connectivity index (χ2n) is 7.48. The van der Waals surface area contributed by atoms with Crippen LogP contribution in [-0.4, -0.2) is 35.8 Å². The third-order valence-electron chi connectivity index (χ3n) is 5.19. The summed E-state index contributed by atoms with van der Waals surface area (Å²) in [4.78, 5) is 19.0. The minimum Gasteiger partial charge on any atom is -0.334 e. The number of aromatic nitrogens is 5. The van der Waals surface area contributed by atoms with Gasteiger partial charge in [0.25, 0.3) is 0 Å². The Morgan fingerprint density at radius 3 is 2.89 bits per heavy atom. The molecule has 140 valence electrons. The molecule has 28 heavy (non-hydrogen) atoms. The zero-order chi connectivity index (χ0) is 19.1. The van der Waals surface area contributed by atoms with E-state index in [0.717, 1.165) is 34.9 Å². The average Bonchev–Trinajstić information content (AvgIpc) is 3.44. The van der Waals surface area contributed by atoms with Crippen molar-refractivity contribution in [1.29, 1.82) is 0 Å². The molecule has 3 aromatic heterocycles. The molecule has 0 atom stereocenters. The van der Waals surface area contributed by atoms with Crippen molar-refractivity contribution in [3.05, 3.63) is 65.5 Å². The first kappa shape index (κ1) is 16.8. The van der Waals surface area contributed by atoms with Gasteiger partial charge in [0.05, 0.1) is 5.52 Å². The van der Waals surface area contributed by atoms with Gasteiger partial charge in [-0.15, -0.1) is 5.10 Å². The van der Waals surface area contributed by atoms with Gasteiger partial charge in [0, 0.05) is 42.4 Å². The van der Waals surface area contributed by atoms with Crippen molar-refractivity contribution >= 4 is 22.5 Å². The normalized spacial score (nSPS) is 13.9. The molecule has 0 N–H and O–H groups in total. The molecule has 1 aliphatic carbocycles. The number of fused-ring (bicyclic) bond motifs is 3. The number of carbonyl (C=O) groups excluding carboxylic acids is 1. The standard InChI is InChI=1S/C21H20N6O/c1-14-4-7-19-17(9-14)10-18(20-23-24-25-27(19)20)13-26(21(28)16-5-6-16)12-15-3-2-8-22-11-15/h2-4,7-11,16H,5-6,12-13H2,1H3. The lowest BCUT2D eigenvalue weighted by Gasteiger charge is -2.23. The van der Waals surface area contributed by atoms with Gasteiger partial charge in [-0.2, -0.15) is 4.52 Å². The van der Waals surface area contributed by atoms with E-state index < -0.39 is 0 Å². The highest BCUT2D eigenvalue weighted by Crippen LogP contribution is 2.32. The van der Waals surface area contributed by atoms with Crippen molar-refractivity contribution in [2.75, 3.05) is 0 Å². The molecule has 1 aliphatic rings. The summed E-state index contributed by atoms with van der Waals surface area (Å²) in [5.74, 6) is 0.338. The summed E-state index contributed by atoms with van der Waals surface area (Å²) in [5, 5.41) is 13.3. The van der Waals surface area contributed by atoms with Crippen LogP contribution in [-0.2, 0) is 17.9 Å². The van der Waals surface area contributed by atoms with Crippen LogP contribution in [0.25, 0.3) is 16.6 Å². The smallest absolute Gasteiger partial charge is 0.226 e. The molecule has 1 aromatic carbocycles. The van der Waals surface area contributed by atoms with Crippen LogP contribution in [0.15, 0.2) is 48.8 Å². The number of carbonyl (C=O) groups is 1. The molecule has 7 heteroatoms. The molecule has 5 rings (SSSR count). The van der Waals surface area contributed by atoms with E-state index in [1.807, 2.05) is 29.3 Å². The fraction of sp³-hybridized carbons (Fsp3) is 0.286. The molecule has 0 radical (unpaired) electrons. The summed E-state index contributed by atoms with van der Waals surface area (Å²) >= 11 is 0. The molecule has 1 amide bonds. The van der Waals surface area contributed by atoms with Gasteiger partial charge in [0.1, 0.15) is 0 Å². The van der Waals surface area contributed by atoms with Crippen LogP contribution in [0.3, 0.4) is 0 Å².